The van der Waals surface area contributed by atoms with E-state index in [-0.39, 0.29) is 11.8 Å². The second-order valence-electron chi connectivity index (χ2n) is 7.38. The molecule has 0 unspecified atom stereocenters. The Morgan fingerprint density at radius 1 is 1.00 bits per heavy atom. The highest BCUT2D eigenvalue weighted by atomic mass is 16.5. The molecule has 0 saturated heterocycles. The summed E-state index contributed by atoms with van der Waals surface area (Å²) in [5.74, 6) is -1.03. The molecular formula is C23H28N2O4. The van der Waals surface area contributed by atoms with Crippen LogP contribution in [0.4, 0.5) is 4.79 Å². The van der Waals surface area contributed by atoms with Crippen molar-refractivity contribution in [3.63, 3.8) is 0 Å². The third-order valence-electron chi connectivity index (χ3n) is 5.33. The Morgan fingerprint density at radius 3 is 2.24 bits per heavy atom. The molecule has 0 fully saturated rings. The number of nitrogens with one attached hydrogen (secondary N) is 2. The van der Waals surface area contributed by atoms with Crippen molar-refractivity contribution in [1.29, 1.82) is 0 Å². The maximum Gasteiger partial charge on any atom is 0.407 e. The van der Waals surface area contributed by atoms with Gasteiger partial charge in [0.2, 0.25) is 0 Å². The number of fused-ring (bicyclic) bond motifs is 3. The van der Waals surface area contributed by atoms with E-state index >= 15 is 0 Å². The molecule has 1 amide bonds. The molecule has 0 heterocycles. The highest BCUT2D eigenvalue weighted by Crippen LogP contribution is 2.44. The van der Waals surface area contributed by atoms with Crippen molar-refractivity contribution in [1.82, 2.24) is 10.6 Å². The lowest BCUT2D eigenvalue weighted by Crippen LogP contribution is -2.33. The van der Waals surface area contributed by atoms with Crippen molar-refractivity contribution in [3.05, 3.63) is 59.7 Å². The van der Waals surface area contributed by atoms with Crippen LogP contribution < -0.4 is 10.6 Å². The van der Waals surface area contributed by atoms with Gasteiger partial charge in [0.05, 0.1) is 5.92 Å². The normalized spacial score (nSPS) is 13.4. The molecule has 0 bridgehead atoms. The molecule has 0 radical (unpaired) electrons. The van der Waals surface area contributed by atoms with E-state index in [1.165, 1.54) is 22.3 Å². The summed E-state index contributed by atoms with van der Waals surface area (Å²) in [4.78, 5) is 22.8. The van der Waals surface area contributed by atoms with Crippen LogP contribution in [0.5, 0.6) is 0 Å². The fourth-order valence-electron chi connectivity index (χ4n) is 3.68. The van der Waals surface area contributed by atoms with Gasteiger partial charge in [-0.1, -0.05) is 55.5 Å². The van der Waals surface area contributed by atoms with Gasteiger partial charge >= 0.3 is 12.1 Å². The fraction of sp³-hybridized carbons (Fsp3) is 0.391. The predicted octanol–water partition coefficient (Wildman–Crippen LogP) is 3.62. The van der Waals surface area contributed by atoms with Crippen LogP contribution >= 0.6 is 0 Å². The highest BCUT2D eigenvalue weighted by molar-refractivity contribution is 5.79. The Kier molecular flexibility index (Phi) is 7.25. The summed E-state index contributed by atoms with van der Waals surface area (Å²) in [7, 11) is 0. The van der Waals surface area contributed by atoms with E-state index in [0.29, 0.717) is 26.1 Å². The molecule has 6 nitrogen and oxygen atoms in total. The van der Waals surface area contributed by atoms with Gasteiger partial charge < -0.3 is 20.5 Å². The van der Waals surface area contributed by atoms with Crippen LogP contribution in [0.1, 0.15) is 36.8 Å². The second kappa shape index (κ2) is 10.1. The predicted molar refractivity (Wildman–Crippen MR) is 112 cm³/mol. The first-order valence-corrected chi connectivity index (χ1v) is 10.1. The number of aliphatic carboxylic acids is 1. The maximum atomic E-state index is 12.1. The van der Waals surface area contributed by atoms with E-state index in [0.717, 1.165) is 13.0 Å². The Hall–Kier alpha value is -2.86. The molecule has 3 N–H and O–H groups in total. The summed E-state index contributed by atoms with van der Waals surface area (Å²) in [5, 5.41) is 14.8. The van der Waals surface area contributed by atoms with E-state index in [1.807, 2.05) is 24.3 Å². The SMILES string of the molecule is C[C@@H](CCCNCCNC(=O)OCC1c2ccccc2-c2ccccc21)C(=O)O. The molecular weight excluding hydrogens is 368 g/mol. The molecule has 0 saturated carbocycles. The van der Waals surface area contributed by atoms with E-state index < -0.39 is 12.1 Å². The second-order valence-corrected chi connectivity index (χ2v) is 7.38. The zero-order valence-electron chi connectivity index (χ0n) is 16.7. The van der Waals surface area contributed by atoms with Crippen molar-refractivity contribution in [2.24, 2.45) is 5.92 Å². The van der Waals surface area contributed by atoms with Gasteiger partial charge in [-0.2, -0.15) is 0 Å². The summed E-state index contributed by atoms with van der Waals surface area (Å²) in [6.45, 7) is 3.82. The van der Waals surface area contributed by atoms with Gasteiger partial charge in [-0.15, -0.1) is 0 Å². The van der Waals surface area contributed by atoms with Crippen molar-refractivity contribution in [2.75, 3.05) is 26.2 Å². The summed E-state index contributed by atoms with van der Waals surface area (Å²) in [6.07, 6.45) is 1.01. The average Bonchev–Trinajstić information content (AvgIpc) is 3.05. The number of carboxylic acid groups (broad SMARTS) is 1. The van der Waals surface area contributed by atoms with Crippen LogP contribution in [0.2, 0.25) is 0 Å². The van der Waals surface area contributed by atoms with Crippen molar-refractivity contribution < 1.29 is 19.4 Å². The number of amides is 1. The number of hydrogen-bond acceptors (Lipinski definition) is 4. The maximum absolute atomic E-state index is 12.1. The Balaban J connectivity index is 1.38. The number of rotatable bonds is 10. The topological polar surface area (TPSA) is 87.7 Å². The monoisotopic (exact) mass is 396 g/mol. The number of ether oxygens (including phenoxy) is 1. The Bertz CT molecular complexity index is 807. The lowest BCUT2D eigenvalue weighted by molar-refractivity contribution is -0.141. The van der Waals surface area contributed by atoms with Crippen molar-refractivity contribution in [3.8, 4) is 11.1 Å². The molecule has 1 atom stereocenters. The fourth-order valence-corrected chi connectivity index (χ4v) is 3.68. The number of alkyl carbamates (subject to hydrolysis) is 1. The molecule has 2 aromatic rings. The van der Waals surface area contributed by atoms with Gasteiger partial charge in [-0.25, -0.2) is 4.79 Å². The molecule has 1 aliphatic rings. The van der Waals surface area contributed by atoms with Gasteiger partial charge in [0, 0.05) is 19.0 Å². The van der Waals surface area contributed by atoms with Crippen LogP contribution in [0.15, 0.2) is 48.5 Å². The molecule has 1 aliphatic carbocycles. The molecule has 0 aromatic heterocycles. The minimum Gasteiger partial charge on any atom is -0.481 e. The summed E-state index contributed by atoms with van der Waals surface area (Å²) < 4.78 is 5.48. The first-order chi connectivity index (χ1) is 14.1. The molecule has 154 valence electrons. The molecule has 6 heteroatoms. The van der Waals surface area contributed by atoms with Crippen LogP contribution in [0.3, 0.4) is 0 Å². The van der Waals surface area contributed by atoms with Crippen LogP contribution in [-0.4, -0.2) is 43.4 Å². The van der Waals surface area contributed by atoms with Crippen LogP contribution in [-0.2, 0) is 9.53 Å². The molecule has 29 heavy (non-hydrogen) atoms. The molecule has 2 aromatic carbocycles. The number of hydrogen-bond donors (Lipinski definition) is 3. The van der Waals surface area contributed by atoms with E-state index in [2.05, 4.69) is 34.9 Å². The average molecular weight is 396 g/mol. The number of carbonyl (C=O) groups excluding carboxylic acids is 1. The lowest BCUT2D eigenvalue weighted by atomic mass is 9.98. The molecule has 0 spiro atoms. The first kappa shape index (κ1) is 20.9. The van der Waals surface area contributed by atoms with E-state index in [4.69, 9.17) is 9.84 Å². The van der Waals surface area contributed by atoms with E-state index in [9.17, 15) is 9.59 Å². The highest BCUT2D eigenvalue weighted by Gasteiger charge is 2.28. The van der Waals surface area contributed by atoms with E-state index in [1.54, 1.807) is 6.92 Å². The Labute approximate surface area is 171 Å². The van der Waals surface area contributed by atoms with Gasteiger partial charge in [0.1, 0.15) is 6.61 Å². The summed E-state index contributed by atoms with van der Waals surface area (Å²) >= 11 is 0. The van der Waals surface area contributed by atoms with Gasteiger partial charge in [0.15, 0.2) is 0 Å². The summed E-state index contributed by atoms with van der Waals surface area (Å²) in [5.41, 5.74) is 4.80. The van der Waals surface area contributed by atoms with Crippen LogP contribution in [0.25, 0.3) is 11.1 Å². The van der Waals surface area contributed by atoms with Crippen molar-refractivity contribution >= 4 is 12.1 Å². The first-order valence-electron chi connectivity index (χ1n) is 10.1. The zero-order chi connectivity index (χ0) is 20.6. The summed E-state index contributed by atoms with van der Waals surface area (Å²) in [6, 6.07) is 16.5. The lowest BCUT2D eigenvalue weighted by Gasteiger charge is -2.14. The zero-order valence-corrected chi connectivity index (χ0v) is 16.7. The molecule has 3 rings (SSSR count). The van der Waals surface area contributed by atoms with Gasteiger partial charge in [-0.3, -0.25) is 4.79 Å². The minimum atomic E-state index is -0.762. The number of carboxylic acids is 1. The smallest absolute Gasteiger partial charge is 0.407 e. The standard InChI is InChI=1S/C23H28N2O4/c1-16(22(26)27)7-6-12-24-13-14-25-23(28)29-15-21-19-10-4-2-8-17(19)18-9-3-5-11-20(18)21/h2-5,8-11,16,21,24H,6-7,12-15H2,1H3,(H,25,28)(H,26,27)/t16-/m0/s1. The molecule has 0 aliphatic heterocycles. The third kappa shape index (κ3) is 5.35. The van der Waals surface area contributed by atoms with Crippen LogP contribution in [0, 0.1) is 5.92 Å². The number of carbonyl (C=O) groups is 2. The minimum absolute atomic E-state index is 0.0579. The largest absolute Gasteiger partial charge is 0.481 e. The third-order valence-corrected chi connectivity index (χ3v) is 5.33. The van der Waals surface area contributed by atoms with Crippen molar-refractivity contribution in [2.45, 2.75) is 25.7 Å². The van der Waals surface area contributed by atoms with Gasteiger partial charge in [-0.05, 0) is 41.6 Å². The Morgan fingerprint density at radius 2 is 1.62 bits per heavy atom. The number of benzene rings is 2. The quantitative estimate of drug-likeness (QED) is 0.534. The van der Waals surface area contributed by atoms with Gasteiger partial charge in [0.25, 0.3) is 0 Å².